The molecule has 1 aromatic rings. The summed E-state index contributed by atoms with van der Waals surface area (Å²) in [5.41, 5.74) is 3.81. The van der Waals surface area contributed by atoms with Crippen LogP contribution in [-0.4, -0.2) is 42.4 Å². The monoisotopic (exact) mass is 241 g/mol. The predicted octanol–water partition coefficient (Wildman–Crippen LogP) is 0.539. The van der Waals surface area contributed by atoms with E-state index in [9.17, 15) is 0 Å². The second-order valence-corrected chi connectivity index (χ2v) is 4.62. The Morgan fingerprint density at radius 1 is 1.53 bits per heavy atom. The lowest BCUT2D eigenvalue weighted by Crippen LogP contribution is -2.37. The van der Waals surface area contributed by atoms with Crippen LogP contribution in [0.4, 0.5) is 0 Å². The van der Waals surface area contributed by atoms with Crippen LogP contribution in [0.5, 0.6) is 5.75 Å². The smallest absolute Gasteiger partial charge is 0.161 e. The Morgan fingerprint density at radius 2 is 2.18 bits per heavy atom. The highest BCUT2D eigenvalue weighted by Crippen LogP contribution is 2.27. The first kappa shape index (κ1) is 14.0. The summed E-state index contributed by atoms with van der Waals surface area (Å²) in [7, 11) is 5.66. The van der Waals surface area contributed by atoms with Crippen molar-refractivity contribution in [3.63, 3.8) is 0 Å². The van der Waals surface area contributed by atoms with Crippen LogP contribution in [0.25, 0.3) is 0 Å². The van der Waals surface area contributed by atoms with Gasteiger partial charge in [0.1, 0.15) is 5.69 Å². The first-order chi connectivity index (χ1) is 8.01. The van der Waals surface area contributed by atoms with Crippen molar-refractivity contribution in [2.45, 2.75) is 25.9 Å². The van der Waals surface area contributed by atoms with Crippen molar-refractivity contribution in [3.8, 4) is 5.75 Å². The summed E-state index contributed by atoms with van der Waals surface area (Å²) in [5.74, 6) is 6.40. The van der Waals surface area contributed by atoms with E-state index in [0.29, 0.717) is 0 Å². The van der Waals surface area contributed by atoms with Crippen molar-refractivity contribution >= 4 is 0 Å². The van der Waals surface area contributed by atoms with E-state index >= 15 is 0 Å². The molecule has 1 rings (SSSR count). The van der Waals surface area contributed by atoms with Gasteiger partial charge in [0.2, 0.25) is 0 Å². The fourth-order valence-electron chi connectivity index (χ4n) is 1.84. The Kier molecular flexibility index (Phi) is 4.92. The highest BCUT2D eigenvalue weighted by molar-refractivity contribution is 5.29. The van der Waals surface area contributed by atoms with Gasteiger partial charge in [0.05, 0.1) is 19.3 Å². The fourth-order valence-corrected chi connectivity index (χ4v) is 1.84. The SMILES string of the molecule is COc1cnn(C(C)C)c1C(CN(C)C)NN. The lowest BCUT2D eigenvalue weighted by atomic mass is 10.2. The molecular formula is C11H23N5O. The van der Waals surface area contributed by atoms with Gasteiger partial charge in [-0.2, -0.15) is 5.10 Å². The van der Waals surface area contributed by atoms with E-state index in [-0.39, 0.29) is 12.1 Å². The molecule has 1 atom stereocenters. The molecule has 0 aliphatic carbocycles. The fraction of sp³-hybridized carbons (Fsp3) is 0.727. The molecule has 17 heavy (non-hydrogen) atoms. The number of nitrogens with one attached hydrogen (secondary N) is 1. The molecule has 0 bridgehead atoms. The summed E-state index contributed by atoms with van der Waals surface area (Å²) in [4.78, 5) is 2.07. The molecule has 0 aliphatic rings. The van der Waals surface area contributed by atoms with E-state index in [4.69, 9.17) is 10.6 Å². The van der Waals surface area contributed by atoms with E-state index in [1.54, 1.807) is 13.3 Å². The van der Waals surface area contributed by atoms with Crippen LogP contribution in [0.3, 0.4) is 0 Å². The Morgan fingerprint density at radius 3 is 2.59 bits per heavy atom. The maximum Gasteiger partial charge on any atom is 0.161 e. The Hall–Kier alpha value is -1.11. The van der Waals surface area contributed by atoms with Crippen molar-refractivity contribution in [1.29, 1.82) is 0 Å². The summed E-state index contributed by atoms with van der Waals surface area (Å²) in [6.07, 6.45) is 1.73. The summed E-state index contributed by atoms with van der Waals surface area (Å²) < 4.78 is 7.28. The molecule has 6 nitrogen and oxygen atoms in total. The third-order valence-corrected chi connectivity index (χ3v) is 2.59. The molecule has 1 unspecified atom stereocenters. The van der Waals surface area contributed by atoms with Crippen LogP contribution >= 0.6 is 0 Å². The zero-order chi connectivity index (χ0) is 13.0. The molecule has 98 valence electrons. The van der Waals surface area contributed by atoms with Gasteiger partial charge in [-0.3, -0.25) is 10.5 Å². The molecule has 0 radical (unpaired) electrons. The largest absolute Gasteiger partial charge is 0.493 e. The summed E-state index contributed by atoms with van der Waals surface area (Å²) >= 11 is 0. The maximum absolute atomic E-state index is 5.63. The number of methoxy groups -OCH3 is 1. The maximum atomic E-state index is 5.63. The third-order valence-electron chi connectivity index (χ3n) is 2.59. The number of rotatable bonds is 6. The zero-order valence-electron chi connectivity index (χ0n) is 11.3. The Labute approximate surface area is 103 Å². The number of hydrazine groups is 1. The van der Waals surface area contributed by atoms with Crippen LogP contribution < -0.4 is 16.0 Å². The highest BCUT2D eigenvalue weighted by atomic mass is 16.5. The molecule has 6 heteroatoms. The van der Waals surface area contributed by atoms with Crippen molar-refractivity contribution in [1.82, 2.24) is 20.1 Å². The summed E-state index contributed by atoms with van der Waals surface area (Å²) in [6, 6.07) is 0.261. The highest BCUT2D eigenvalue weighted by Gasteiger charge is 2.22. The number of likely N-dealkylation sites (N-methyl/N-ethyl adjacent to an activating group) is 1. The molecule has 1 heterocycles. The number of hydrogen-bond donors (Lipinski definition) is 2. The molecule has 0 aliphatic heterocycles. The van der Waals surface area contributed by atoms with Crippen molar-refractivity contribution in [3.05, 3.63) is 11.9 Å². The quantitative estimate of drug-likeness (QED) is 0.562. The molecular weight excluding hydrogens is 218 g/mol. The van der Waals surface area contributed by atoms with Gasteiger partial charge < -0.3 is 9.64 Å². The number of ether oxygens (including phenoxy) is 1. The summed E-state index contributed by atoms with van der Waals surface area (Å²) in [5, 5.41) is 4.34. The van der Waals surface area contributed by atoms with Gasteiger partial charge in [0.25, 0.3) is 0 Å². The van der Waals surface area contributed by atoms with E-state index in [2.05, 4.69) is 29.3 Å². The molecule has 0 saturated carbocycles. The van der Waals surface area contributed by atoms with Crippen LogP contribution in [0.1, 0.15) is 31.6 Å². The van der Waals surface area contributed by atoms with Crippen molar-refractivity contribution in [2.75, 3.05) is 27.7 Å². The minimum atomic E-state index is -0.00940. The van der Waals surface area contributed by atoms with E-state index < -0.39 is 0 Å². The average Bonchev–Trinajstić information content (AvgIpc) is 2.69. The van der Waals surface area contributed by atoms with Gasteiger partial charge >= 0.3 is 0 Å². The predicted molar refractivity (Wildman–Crippen MR) is 67.8 cm³/mol. The van der Waals surface area contributed by atoms with Crippen LogP contribution in [0.15, 0.2) is 6.20 Å². The minimum absolute atomic E-state index is 0.00940. The third kappa shape index (κ3) is 3.18. The van der Waals surface area contributed by atoms with Gasteiger partial charge in [-0.1, -0.05) is 0 Å². The molecule has 0 saturated heterocycles. The van der Waals surface area contributed by atoms with E-state index in [0.717, 1.165) is 18.0 Å². The molecule has 0 amide bonds. The Bertz CT molecular complexity index is 348. The van der Waals surface area contributed by atoms with Gasteiger partial charge in [0, 0.05) is 12.6 Å². The van der Waals surface area contributed by atoms with Crippen molar-refractivity contribution in [2.24, 2.45) is 5.84 Å². The van der Waals surface area contributed by atoms with Gasteiger partial charge in [0.15, 0.2) is 5.75 Å². The van der Waals surface area contributed by atoms with Crippen LogP contribution in [0, 0.1) is 0 Å². The molecule has 1 aromatic heterocycles. The van der Waals surface area contributed by atoms with Gasteiger partial charge in [-0.25, -0.2) is 5.43 Å². The van der Waals surface area contributed by atoms with Crippen LogP contribution in [0.2, 0.25) is 0 Å². The minimum Gasteiger partial charge on any atom is -0.493 e. The number of hydrogen-bond acceptors (Lipinski definition) is 5. The normalized spacial score (nSPS) is 13.4. The topological polar surface area (TPSA) is 68.3 Å². The first-order valence-corrected chi connectivity index (χ1v) is 5.73. The van der Waals surface area contributed by atoms with Crippen LogP contribution in [-0.2, 0) is 0 Å². The second kappa shape index (κ2) is 6.00. The summed E-state index contributed by atoms with van der Waals surface area (Å²) in [6.45, 7) is 4.95. The second-order valence-electron chi connectivity index (χ2n) is 4.62. The van der Waals surface area contributed by atoms with E-state index in [1.807, 2.05) is 18.8 Å². The number of nitrogens with zero attached hydrogens (tertiary/aromatic N) is 3. The van der Waals surface area contributed by atoms with Gasteiger partial charge in [-0.15, -0.1) is 0 Å². The number of nitrogens with two attached hydrogens (primary N) is 1. The standard InChI is InChI=1S/C11H23N5O/c1-8(2)16-11(10(17-5)6-13-16)9(14-12)7-15(3)4/h6,8-9,14H,7,12H2,1-5H3. The number of aromatic nitrogens is 2. The average molecular weight is 241 g/mol. The Balaban J connectivity index is 3.10. The molecule has 3 N–H and O–H groups in total. The van der Waals surface area contributed by atoms with E-state index in [1.165, 1.54) is 0 Å². The molecule has 0 spiro atoms. The lowest BCUT2D eigenvalue weighted by molar-refractivity contribution is 0.316. The van der Waals surface area contributed by atoms with Crippen molar-refractivity contribution < 1.29 is 4.74 Å². The lowest BCUT2D eigenvalue weighted by Gasteiger charge is -2.23. The van der Waals surface area contributed by atoms with Gasteiger partial charge in [-0.05, 0) is 27.9 Å². The zero-order valence-corrected chi connectivity index (χ0v) is 11.3. The molecule has 0 aromatic carbocycles. The first-order valence-electron chi connectivity index (χ1n) is 5.73. The molecule has 0 fully saturated rings.